The Morgan fingerprint density at radius 3 is 2.25 bits per heavy atom. The number of rotatable bonds is 2. The number of nitrogens with two attached hydrogens (primary N) is 1. The Kier molecular flexibility index (Phi) is 2.60. The van der Waals surface area contributed by atoms with Crippen LogP contribution in [0.1, 0.15) is 10.4 Å². The predicted molar refractivity (Wildman–Crippen MR) is 62.1 cm³/mol. The largest absolute Gasteiger partial charge is 0.508 e. The lowest BCUT2D eigenvalue weighted by Crippen LogP contribution is -2.10. The number of phenolic OH excluding ortho intramolecular Hbond substituents is 1. The minimum atomic E-state index is -0.456. The molecule has 0 aromatic heterocycles. The lowest BCUT2D eigenvalue weighted by atomic mass is 10.0. The first-order valence-electron chi connectivity index (χ1n) is 4.86. The van der Waals surface area contributed by atoms with Gasteiger partial charge in [-0.15, -0.1) is 0 Å². The van der Waals surface area contributed by atoms with Crippen LogP contribution in [-0.4, -0.2) is 11.0 Å². The van der Waals surface area contributed by atoms with Gasteiger partial charge in [0.15, 0.2) is 0 Å². The van der Waals surface area contributed by atoms with Gasteiger partial charge in [-0.05, 0) is 35.4 Å². The number of amides is 1. The van der Waals surface area contributed by atoms with Gasteiger partial charge in [0.25, 0.3) is 0 Å². The molecule has 2 aromatic carbocycles. The molecular weight excluding hydrogens is 202 g/mol. The molecule has 1 amide bonds. The number of aromatic hydroxyl groups is 1. The van der Waals surface area contributed by atoms with Crippen LogP contribution in [0.2, 0.25) is 0 Å². The topological polar surface area (TPSA) is 63.3 Å². The Morgan fingerprint density at radius 2 is 1.62 bits per heavy atom. The Hall–Kier alpha value is -2.29. The van der Waals surface area contributed by atoms with Gasteiger partial charge in [0.1, 0.15) is 5.75 Å². The van der Waals surface area contributed by atoms with Crippen LogP contribution in [0.5, 0.6) is 5.75 Å². The predicted octanol–water partition coefficient (Wildman–Crippen LogP) is 2.16. The number of carbonyl (C=O) groups excluding carboxylic acids is 1. The smallest absolute Gasteiger partial charge is 0.248 e. The van der Waals surface area contributed by atoms with Gasteiger partial charge in [-0.25, -0.2) is 0 Å². The molecule has 0 bridgehead atoms. The maximum Gasteiger partial charge on any atom is 0.248 e. The third-order valence-electron chi connectivity index (χ3n) is 2.33. The zero-order valence-corrected chi connectivity index (χ0v) is 8.55. The summed E-state index contributed by atoms with van der Waals surface area (Å²) in [4.78, 5) is 11.0. The van der Waals surface area contributed by atoms with Crippen molar-refractivity contribution in [2.75, 3.05) is 0 Å². The molecule has 0 saturated carbocycles. The van der Waals surface area contributed by atoms with Crippen LogP contribution >= 0.6 is 0 Å². The number of hydrogen-bond acceptors (Lipinski definition) is 2. The van der Waals surface area contributed by atoms with Gasteiger partial charge < -0.3 is 10.8 Å². The molecule has 3 nitrogen and oxygen atoms in total. The van der Waals surface area contributed by atoms with E-state index in [0.717, 1.165) is 11.1 Å². The van der Waals surface area contributed by atoms with Crippen molar-refractivity contribution in [3.63, 3.8) is 0 Å². The summed E-state index contributed by atoms with van der Waals surface area (Å²) in [7, 11) is 0. The quantitative estimate of drug-likeness (QED) is 0.802. The number of carbonyl (C=O) groups is 1. The van der Waals surface area contributed by atoms with Gasteiger partial charge in [0, 0.05) is 5.56 Å². The molecule has 2 aromatic rings. The summed E-state index contributed by atoms with van der Waals surface area (Å²) in [5.74, 6) is -0.260. The molecule has 0 heterocycles. The van der Waals surface area contributed by atoms with Gasteiger partial charge >= 0.3 is 0 Å². The zero-order valence-electron chi connectivity index (χ0n) is 8.55. The molecular formula is C13H11NO2. The summed E-state index contributed by atoms with van der Waals surface area (Å²) < 4.78 is 0. The number of phenols is 1. The Labute approximate surface area is 93.1 Å². The second kappa shape index (κ2) is 4.06. The normalized spacial score (nSPS) is 10.0. The molecule has 0 saturated heterocycles. The Balaban J connectivity index is 2.48. The van der Waals surface area contributed by atoms with Gasteiger partial charge in [0.2, 0.25) is 5.91 Å². The van der Waals surface area contributed by atoms with Crippen LogP contribution in [0.25, 0.3) is 11.1 Å². The summed E-state index contributed by atoms with van der Waals surface area (Å²) in [6.45, 7) is 0. The molecule has 3 N–H and O–H groups in total. The molecule has 0 fully saturated rings. The van der Waals surface area contributed by atoms with Crippen LogP contribution in [0.3, 0.4) is 0 Å². The maximum absolute atomic E-state index is 11.0. The fraction of sp³-hybridized carbons (Fsp3) is 0. The Morgan fingerprint density at radius 1 is 1.00 bits per heavy atom. The van der Waals surface area contributed by atoms with E-state index < -0.39 is 5.91 Å². The first-order chi connectivity index (χ1) is 7.66. The van der Waals surface area contributed by atoms with E-state index in [2.05, 4.69) is 0 Å². The van der Waals surface area contributed by atoms with E-state index in [1.807, 2.05) is 12.1 Å². The van der Waals surface area contributed by atoms with Crippen molar-refractivity contribution in [3.8, 4) is 16.9 Å². The van der Waals surface area contributed by atoms with Crippen LogP contribution in [-0.2, 0) is 0 Å². The maximum atomic E-state index is 11.0. The van der Waals surface area contributed by atoms with Crippen molar-refractivity contribution < 1.29 is 9.90 Å². The van der Waals surface area contributed by atoms with Crippen molar-refractivity contribution in [1.82, 2.24) is 0 Å². The minimum Gasteiger partial charge on any atom is -0.508 e. The molecule has 0 spiro atoms. The summed E-state index contributed by atoms with van der Waals surface area (Å²) in [6, 6.07) is 13.8. The van der Waals surface area contributed by atoms with E-state index in [0.29, 0.717) is 5.56 Å². The summed E-state index contributed by atoms with van der Waals surface area (Å²) in [5.41, 5.74) is 7.37. The third-order valence-corrected chi connectivity index (χ3v) is 2.33. The van der Waals surface area contributed by atoms with E-state index in [1.54, 1.807) is 36.4 Å². The van der Waals surface area contributed by atoms with Crippen molar-refractivity contribution in [3.05, 3.63) is 54.1 Å². The molecule has 0 unspecified atom stereocenters. The minimum absolute atomic E-state index is 0.196. The highest BCUT2D eigenvalue weighted by molar-refractivity contribution is 5.94. The molecule has 0 aliphatic rings. The second-order valence-corrected chi connectivity index (χ2v) is 3.50. The van der Waals surface area contributed by atoms with Gasteiger partial charge in [-0.3, -0.25) is 4.79 Å². The SMILES string of the molecule is NC(=O)c1cccc(-c2cccc(O)c2)c1. The van der Waals surface area contributed by atoms with Gasteiger partial charge in [-0.2, -0.15) is 0 Å². The molecule has 80 valence electrons. The summed E-state index contributed by atoms with van der Waals surface area (Å²) in [5, 5.41) is 9.36. The van der Waals surface area contributed by atoms with Crippen molar-refractivity contribution in [1.29, 1.82) is 0 Å². The van der Waals surface area contributed by atoms with E-state index in [9.17, 15) is 9.90 Å². The van der Waals surface area contributed by atoms with Crippen LogP contribution in [0, 0.1) is 0 Å². The number of primary amides is 1. The molecule has 0 atom stereocenters. The monoisotopic (exact) mass is 213 g/mol. The average molecular weight is 213 g/mol. The van der Waals surface area contributed by atoms with E-state index in [-0.39, 0.29) is 5.75 Å². The number of benzene rings is 2. The molecule has 0 radical (unpaired) electrons. The highest BCUT2D eigenvalue weighted by Gasteiger charge is 2.03. The fourth-order valence-corrected chi connectivity index (χ4v) is 1.54. The van der Waals surface area contributed by atoms with E-state index in [4.69, 9.17) is 5.73 Å². The lowest BCUT2D eigenvalue weighted by molar-refractivity contribution is 0.100. The summed E-state index contributed by atoms with van der Waals surface area (Å²) in [6.07, 6.45) is 0. The van der Waals surface area contributed by atoms with Crippen LogP contribution in [0.4, 0.5) is 0 Å². The standard InChI is InChI=1S/C13H11NO2/c14-13(16)11-5-1-3-9(7-11)10-4-2-6-12(15)8-10/h1-8,15H,(H2,14,16). The van der Waals surface area contributed by atoms with Crippen molar-refractivity contribution in [2.45, 2.75) is 0 Å². The first kappa shape index (κ1) is 10.2. The van der Waals surface area contributed by atoms with Gasteiger partial charge in [0.05, 0.1) is 0 Å². The van der Waals surface area contributed by atoms with E-state index >= 15 is 0 Å². The van der Waals surface area contributed by atoms with Crippen molar-refractivity contribution in [2.24, 2.45) is 5.73 Å². The Bertz CT molecular complexity index is 535. The molecule has 2 rings (SSSR count). The second-order valence-electron chi connectivity index (χ2n) is 3.50. The molecule has 0 aliphatic carbocycles. The van der Waals surface area contributed by atoms with Crippen molar-refractivity contribution >= 4 is 5.91 Å². The highest BCUT2D eigenvalue weighted by Crippen LogP contribution is 2.23. The molecule has 0 aliphatic heterocycles. The third kappa shape index (κ3) is 2.03. The van der Waals surface area contributed by atoms with Crippen LogP contribution < -0.4 is 5.73 Å². The summed E-state index contributed by atoms with van der Waals surface area (Å²) >= 11 is 0. The van der Waals surface area contributed by atoms with E-state index in [1.165, 1.54) is 0 Å². The molecule has 3 heteroatoms. The fourth-order valence-electron chi connectivity index (χ4n) is 1.54. The molecule has 16 heavy (non-hydrogen) atoms. The number of hydrogen-bond donors (Lipinski definition) is 2. The van der Waals surface area contributed by atoms with Gasteiger partial charge in [-0.1, -0.05) is 24.3 Å². The van der Waals surface area contributed by atoms with Crippen LogP contribution in [0.15, 0.2) is 48.5 Å². The zero-order chi connectivity index (χ0) is 11.5. The first-order valence-corrected chi connectivity index (χ1v) is 4.86. The average Bonchev–Trinajstić information content (AvgIpc) is 2.29. The lowest BCUT2D eigenvalue weighted by Gasteiger charge is -2.03. The highest BCUT2D eigenvalue weighted by atomic mass is 16.3.